The Labute approximate surface area is 127 Å². The normalized spacial score (nSPS) is 35.0. The average Bonchev–Trinajstić information content (AvgIpc) is 2.53. The Morgan fingerprint density at radius 1 is 0.950 bits per heavy atom. The molecule has 0 amide bonds. The van der Waals surface area contributed by atoms with Gasteiger partial charge in [-0.2, -0.15) is 0 Å². The van der Waals surface area contributed by atoms with Crippen LogP contribution in [0.4, 0.5) is 0 Å². The largest absolute Gasteiger partial charge is 0.372 e. The highest BCUT2D eigenvalue weighted by Crippen LogP contribution is 2.35. The van der Waals surface area contributed by atoms with Gasteiger partial charge in [0.1, 0.15) is 0 Å². The van der Waals surface area contributed by atoms with E-state index in [9.17, 15) is 0 Å². The third kappa shape index (κ3) is 3.41. The minimum absolute atomic E-state index is 0.713. The predicted octanol–water partition coefficient (Wildman–Crippen LogP) is 5.04. The maximum absolute atomic E-state index is 2.52. The second-order valence-corrected chi connectivity index (χ2v) is 7.47. The lowest BCUT2D eigenvalue weighted by molar-refractivity contribution is 0.272. The van der Waals surface area contributed by atoms with Crippen LogP contribution in [-0.4, -0.2) is 23.2 Å². The van der Waals surface area contributed by atoms with Crippen LogP contribution in [0.2, 0.25) is 0 Å². The summed E-state index contributed by atoms with van der Waals surface area (Å²) in [6, 6.07) is 0.713. The van der Waals surface area contributed by atoms with Crippen molar-refractivity contribution in [1.29, 1.82) is 0 Å². The van der Waals surface area contributed by atoms with Gasteiger partial charge in [0.05, 0.1) is 0 Å². The van der Waals surface area contributed by atoms with Crippen molar-refractivity contribution in [3.05, 3.63) is 47.1 Å². The van der Waals surface area contributed by atoms with Crippen LogP contribution < -0.4 is 0 Å². The van der Waals surface area contributed by atoms with E-state index in [1.54, 1.807) is 0 Å². The fourth-order valence-corrected chi connectivity index (χ4v) is 4.63. The summed E-state index contributed by atoms with van der Waals surface area (Å²) in [5, 5.41) is 0.804. The molecular weight excluding hydrogens is 262 g/mol. The molecule has 0 aromatic rings. The summed E-state index contributed by atoms with van der Waals surface area (Å²) in [5.41, 5.74) is 1.36. The third-order valence-electron chi connectivity index (χ3n) is 4.70. The smallest absolute Gasteiger partial charge is 0.0366 e. The molecule has 0 aromatic heterocycles. The molecule has 0 aromatic carbocycles. The summed E-state index contributed by atoms with van der Waals surface area (Å²) in [6.45, 7) is 0. The summed E-state index contributed by atoms with van der Waals surface area (Å²) in [6.07, 6.45) is 23.1. The minimum atomic E-state index is 0.713. The van der Waals surface area contributed by atoms with Crippen molar-refractivity contribution in [3.8, 4) is 0 Å². The summed E-state index contributed by atoms with van der Waals surface area (Å²) in [4.78, 5) is 3.94. The van der Waals surface area contributed by atoms with Gasteiger partial charge in [-0.1, -0.05) is 31.4 Å². The van der Waals surface area contributed by atoms with Gasteiger partial charge in [0, 0.05) is 28.9 Å². The molecular formula is C18H25NS. The number of nitrogens with zero attached hydrogens (tertiary/aromatic N) is 1. The summed E-state index contributed by atoms with van der Waals surface area (Å²) < 4.78 is 0. The molecule has 2 unspecified atom stereocenters. The topological polar surface area (TPSA) is 3.24 Å². The van der Waals surface area contributed by atoms with Crippen LogP contribution >= 0.6 is 11.8 Å². The second-order valence-electron chi connectivity index (χ2n) is 6.10. The van der Waals surface area contributed by atoms with Crippen molar-refractivity contribution < 1.29 is 0 Å². The van der Waals surface area contributed by atoms with E-state index in [0.717, 1.165) is 5.25 Å². The van der Waals surface area contributed by atoms with E-state index in [1.165, 1.54) is 55.5 Å². The van der Waals surface area contributed by atoms with Gasteiger partial charge in [-0.25, -0.2) is 0 Å². The Balaban J connectivity index is 1.95. The molecule has 4 bridgehead atoms. The van der Waals surface area contributed by atoms with E-state index in [-0.39, 0.29) is 0 Å². The Morgan fingerprint density at radius 2 is 1.80 bits per heavy atom. The first-order chi connectivity index (χ1) is 9.83. The van der Waals surface area contributed by atoms with Crippen LogP contribution in [0.3, 0.4) is 0 Å². The van der Waals surface area contributed by atoms with Gasteiger partial charge in [-0.3, -0.25) is 0 Å². The molecule has 108 valence electrons. The molecule has 2 heteroatoms. The minimum Gasteiger partial charge on any atom is -0.372 e. The maximum Gasteiger partial charge on any atom is 0.0366 e. The van der Waals surface area contributed by atoms with E-state index < -0.39 is 0 Å². The van der Waals surface area contributed by atoms with E-state index >= 15 is 0 Å². The number of hydrogen-bond acceptors (Lipinski definition) is 2. The number of fused-ring (bicyclic) bond motifs is 4. The molecule has 1 heterocycles. The fraction of sp³-hybridized carbons (Fsp3) is 0.556. The Morgan fingerprint density at radius 3 is 2.75 bits per heavy atom. The first-order valence-corrected chi connectivity index (χ1v) is 8.87. The first kappa shape index (κ1) is 14.1. The zero-order chi connectivity index (χ0) is 13.8. The number of rotatable bonds is 0. The van der Waals surface area contributed by atoms with Gasteiger partial charge in [0.2, 0.25) is 0 Å². The molecule has 0 radical (unpaired) electrons. The third-order valence-corrected chi connectivity index (χ3v) is 6.05. The standard InChI is InChI=1S/C18H25NS/c1-19-15-7-3-2-4-9-17(13-11-15)20-18-10-6-5-8-16(19)12-14-18/h5-6,8,10,12,14-15,17H,2-4,7,9,11,13H2,1H3/b6-5?,8-5?,10-6+,14-12?,16-8?,16-12?,18-10?,18-14+. The van der Waals surface area contributed by atoms with Gasteiger partial charge < -0.3 is 4.90 Å². The Kier molecular flexibility index (Phi) is 4.72. The molecule has 3 rings (SSSR count). The van der Waals surface area contributed by atoms with Crippen molar-refractivity contribution in [1.82, 2.24) is 4.90 Å². The van der Waals surface area contributed by atoms with Crippen LogP contribution in [0.15, 0.2) is 47.1 Å². The lowest BCUT2D eigenvalue weighted by Gasteiger charge is -2.32. The predicted molar refractivity (Wildman–Crippen MR) is 89.7 cm³/mol. The summed E-state index contributed by atoms with van der Waals surface area (Å²) in [5.74, 6) is 0. The summed E-state index contributed by atoms with van der Waals surface area (Å²) >= 11 is 2.10. The highest BCUT2D eigenvalue weighted by molar-refractivity contribution is 8.03. The van der Waals surface area contributed by atoms with Crippen molar-refractivity contribution in [3.63, 3.8) is 0 Å². The molecule has 0 saturated heterocycles. The molecule has 1 saturated carbocycles. The Hall–Kier alpha value is -0.890. The van der Waals surface area contributed by atoms with Crippen molar-refractivity contribution in [2.45, 2.75) is 56.2 Å². The molecule has 2 aliphatic carbocycles. The van der Waals surface area contributed by atoms with Crippen molar-refractivity contribution in [2.24, 2.45) is 0 Å². The lowest BCUT2D eigenvalue weighted by Crippen LogP contribution is -2.31. The maximum atomic E-state index is 2.52. The molecule has 3 aliphatic rings. The molecule has 0 N–H and O–H groups in total. The second kappa shape index (κ2) is 6.71. The first-order valence-electron chi connectivity index (χ1n) is 7.99. The van der Waals surface area contributed by atoms with Gasteiger partial charge in [-0.05, 0) is 50.0 Å². The van der Waals surface area contributed by atoms with E-state index in [1.807, 2.05) is 0 Å². The molecule has 1 aliphatic heterocycles. The van der Waals surface area contributed by atoms with Crippen LogP contribution in [0, 0.1) is 0 Å². The van der Waals surface area contributed by atoms with Crippen molar-refractivity contribution in [2.75, 3.05) is 7.05 Å². The SMILES string of the molecule is CN1C2=C/C=C(\C=C\C=C2)SC2CCCCCC1CC2. The van der Waals surface area contributed by atoms with E-state index in [4.69, 9.17) is 0 Å². The average molecular weight is 287 g/mol. The molecule has 1 fully saturated rings. The fourth-order valence-electron chi connectivity index (χ4n) is 3.40. The quantitative estimate of drug-likeness (QED) is 0.614. The summed E-state index contributed by atoms with van der Waals surface area (Å²) in [7, 11) is 2.28. The molecule has 1 nitrogen and oxygen atoms in total. The zero-order valence-corrected chi connectivity index (χ0v) is 13.2. The van der Waals surface area contributed by atoms with Gasteiger partial charge >= 0.3 is 0 Å². The Bertz CT molecular complexity index is 458. The monoisotopic (exact) mass is 287 g/mol. The van der Waals surface area contributed by atoms with Crippen LogP contribution in [0.1, 0.15) is 44.9 Å². The van der Waals surface area contributed by atoms with Crippen LogP contribution in [0.25, 0.3) is 0 Å². The van der Waals surface area contributed by atoms with Crippen LogP contribution in [-0.2, 0) is 0 Å². The highest BCUT2D eigenvalue weighted by atomic mass is 32.2. The number of likely N-dealkylation sites (N-methyl/N-ethyl adjacent to an activating group) is 1. The van der Waals surface area contributed by atoms with Crippen LogP contribution in [0.5, 0.6) is 0 Å². The lowest BCUT2D eigenvalue weighted by atomic mass is 10.0. The van der Waals surface area contributed by atoms with Gasteiger partial charge in [-0.15, -0.1) is 11.8 Å². The van der Waals surface area contributed by atoms with E-state index in [0.29, 0.717) is 6.04 Å². The number of allylic oxidation sites excluding steroid dienone is 6. The van der Waals surface area contributed by atoms with Gasteiger partial charge in [0.15, 0.2) is 0 Å². The number of thioether (sulfide) groups is 1. The zero-order valence-electron chi connectivity index (χ0n) is 12.4. The van der Waals surface area contributed by atoms with Crippen molar-refractivity contribution >= 4 is 11.8 Å². The van der Waals surface area contributed by atoms with E-state index in [2.05, 4.69) is 60.2 Å². The van der Waals surface area contributed by atoms with Gasteiger partial charge in [0.25, 0.3) is 0 Å². The molecule has 0 spiro atoms. The number of hydrogen-bond donors (Lipinski definition) is 0. The highest BCUT2D eigenvalue weighted by Gasteiger charge is 2.22. The molecule has 20 heavy (non-hydrogen) atoms. The molecule has 2 atom stereocenters.